The largest absolute Gasteiger partial charge is 0.480 e. The standard InChI is InChI=1S/C11H10F3NO/c1-10(2)6-15-8-4-3-7(11(12,13)14)5-9(8)16-10/h3-6H,1-2H3. The van der Waals surface area contributed by atoms with Crippen LogP contribution < -0.4 is 4.74 Å². The van der Waals surface area contributed by atoms with Gasteiger partial charge in [0.1, 0.15) is 17.0 Å². The third-order valence-electron chi connectivity index (χ3n) is 2.17. The predicted molar refractivity (Wildman–Crippen MR) is 54.3 cm³/mol. The smallest absolute Gasteiger partial charge is 0.416 e. The fraction of sp³-hybridized carbons (Fsp3) is 0.364. The summed E-state index contributed by atoms with van der Waals surface area (Å²) in [6.07, 6.45) is -2.79. The van der Waals surface area contributed by atoms with Gasteiger partial charge in [-0.25, -0.2) is 0 Å². The van der Waals surface area contributed by atoms with Crippen LogP contribution in [-0.4, -0.2) is 11.8 Å². The molecule has 0 aromatic heterocycles. The van der Waals surface area contributed by atoms with Crippen LogP contribution in [0.5, 0.6) is 5.75 Å². The third-order valence-corrected chi connectivity index (χ3v) is 2.17. The van der Waals surface area contributed by atoms with Crippen LogP contribution in [0.2, 0.25) is 0 Å². The van der Waals surface area contributed by atoms with Gasteiger partial charge in [0.05, 0.1) is 5.56 Å². The highest BCUT2D eigenvalue weighted by Gasteiger charge is 2.32. The van der Waals surface area contributed by atoms with Gasteiger partial charge in [-0.1, -0.05) is 0 Å². The van der Waals surface area contributed by atoms with Crippen molar-refractivity contribution in [2.24, 2.45) is 4.99 Å². The van der Waals surface area contributed by atoms with Crippen molar-refractivity contribution in [1.82, 2.24) is 0 Å². The summed E-state index contributed by atoms with van der Waals surface area (Å²) < 4.78 is 42.8. The molecule has 0 fully saturated rings. The zero-order chi connectivity index (χ0) is 12.0. The number of benzene rings is 1. The second kappa shape index (κ2) is 3.23. The zero-order valence-electron chi connectivity index (χ0n) is 8.80. The van der Waals surface area contributed by atoms with Crippen molar-refractivity contribution in [3.05, 3.63) is 23.8 Å². The van der Waals surface area contributed by atoms with E-state index >= 15 is 0 Å². The average Bonchev–Trinajstić information content (AvgIpc) is 2.13. The number of nitrogens with zero attached hydrogens (tertiary/aromatic N) is 1. The van der Waals surface area contributed by atoms with E-state index in [1.54, 1.807) is 20.1 Å². The maximum absolute atomic E-state index is 12.5. The molecule has 1 aliphatic heterocycles. The van der Waals surface area contributed by atoms with Crippen molar-refractivity contribution < 1.29 is 17.9 Å². The number of aliphatic imine (C=N–C) groups is 1. The quantitative estimate of drug-likeness (QED) is 0.666. The topological polar surface area (TPSA) is 21.6 Å². The van der Waals surface area contributed by atoms with Crippen LogP contribution in [-0.2, 0) is 6.18 Å². The van der Waals surface area contributed by atoms with E-state index in [1.807, 2.05) is 0 Å². The van der Waals surface area contributed by atoms with E-state index in [9.17, 15) is 13.2 Å². The normalized spacial score (nSPS) is 17.8. The molecule has 0 unspecified atom stereocenters. The molecule has 5 heteroatoms. The number of alkyl halides is 3. The fourth-order valence-electron chi connectivity index (χ4n) is 1.41. The van der Waals surface area contributed by atoms with Gasteiger partial charge in [0, 0.05) is 6.21 Å². The van der Waals surface area contributed by atoms with E-state index in [0.29, 0.717) is 5.69 Å². The molecule has 1 aliphatic rings. The summed E-state index contributed by atoms with van der Waals surface area (Å²) in [7, 11) is 0. The van der Waals surface area contributed by atoms with Gasteiger partial charge >= 0.3 is 6.18 Å². The Morgan fingerprint density at radius 3 is 2.56 bits per heavy atom. The SMILES string of the molecule is CC1(C)C=Nc2ccc(C(F)(F)F)cc2O1. The molecule has 0 atom stereocenters. The highest BCUT2D eigenvalue weighted by Crippen LogP contribution is 2.39. The minimum Gasteiger partial charge on any atom is -0.480 e. The third kappa shape index (κ3) is 2.03. The van der Waals surface area contributed by atoms with Crippen molar-refractivity contribution in [2.45, 2.75) is 25.6 Å². The van der Waals surface area contributed by atoms with Crippen LogP contribution in [0.1, 0.15) is 19.4 Å². The zero-order valence-corrected chi connectivity index (χ0v) is 8.80. The Bertz CT molecular complexity index is 449. The molecule has 0 spiro atoms. The van der Waals surface area contributed by atoms with Crippen LogP contribution in [0, 0.1) is 0 Å². The molecule has 0 N–H and O–H groups in total. The van der Waals surface area contributed by atoms with Crippen LogP contribution in [0.15, 0.2) is 23.2 Å². The first-order valence-corrected chi connectivity index (χ1v) is 4.73. The second-order valence-electron chi connectivity index (χ2n) is 4.14. The van der Waals surface area contributed by atoms with Gasteiger partial charge < -0.3 is 4.74 Å². The summed E-state index contributed by atoms with van der Waals surface area (Å²) >= 11 is 0. The fourth-order valence-corrected chi connectivity index (χ4v) is 1.41. The lowest BCUT2D eigenvalue weighted by Gasteiger charge is -2.27. The Labute approximate surface area is 90.8 Å². The summed E-state index contributed by atoms with van der Waals surface area (Å²) in [5.41, 5.74) is -0.969. The van der Waals surface area contributed by atoms with Crippen molar-refractivity contribution in [2.75, 3.05) is 0 Å². The van der Waals surface area contributed by atoms with E-state index in [4.69, 9.17) is 4.74 Å². The van der Waals surface area contributed by atoms with Crippen molar-refractivity contribution in [1.29, 1.82) is 0 Å². The van der Waals surface area contributed by atoms with Gasteiger partial charge in [-0.15, -0.1) is 0 Å². The Morgan fingerprint density at radius 1 is 1.25 bits per heavy atom. The molecule has 0 bridgehead atoms. The van der Waals surface area contributed by atoms with Gasteiger partial charge in [0.2, 0.25) is 0 Å². The van der Waals surface area contributed by atoms with E-state index < -0.39 is 17.3 Å². The molecule has 1 aromatic rings. The number of halogens is 3. The average molecular weight is 229 g/mol. The first-order valence-electron chi connectivity index (χ1n) is 4.73. The van der Waals surface area contributed by atoms with E-state index in [1.165, 1.54) is 6.07 Å². The van der Waals surface area contributed by atoms with E-state index in [2.05, 4.69) is 4.99 Å². The predicted octanol–water partition coefficient (Wildman–Crippen LogP) is 3.58. The number of hydrogen-bond acceptors (Lipinski definition) is 2. The van der Waals surface area contributed by atoms with Crippen LogP contribution in [0.4, 0.5) is 18.9 Å². The molecule has 86 valence electrons. The highest BCUT2D eigenvalue weighted by atomic mass is 19.4. The lowest BCUT2D eigenvalue weighted by Crippen LogP contribution is -2.31. The number of ether oxygens (including phenoxy) is 1. The molecule has 1 aromatic carbocycles. The first-order chi connectivity index (χ1) is 7.28. The van der Waals surface area contributed by atoms with E-state index in [0.717, 1.165) is 12.1 Å². The number of hydrogen-bond donors (Lipinski definition) is 0. The number of fused-ring (bicyclic) bond motifs is 1. The molecular formula is C11H10F3NO. The molecule has 1 heterocycles. The van der Waals surface area contributed by atoms with E-state index in [-0.39, 0.29) is 5.75 Å². The van der Waals surface area contributed by atoms with Crippen molar-refractivity contribution in [3.8, 4) is 5.75 Å². The lowest BCUT2D eigenvalue weighted by atomic mass is 10.1. The summed E-state index contributed by atoms with van der Waals surface area (Å²) in [5, 5.41) is 0. The van der Waals surface area contributed by atoms with Gasteiger partial charge in [-0.05, 0) is 32.0 Å². The van der Waals surface area contributed by atoms with Crippen LogP contribution in [0.25, 0.3) is 0 Å². The molecule has 0 amide bonds. The Morgan fingerprint density at radius 2 is 1.94 bits per heavy atom. The Kier molecular flexibility index (Phi) is 2.22. The molecule has 0 saturated carbocycles. The molecule has 16 heavy (non-hydrogen) atoms. The Balaban J connectivity index is 2.45. The van der Waals surface area contributed by atoms with Crippen LogP contribution in [0.3, 0.4) is 0 Å². The molecule has 2 nitrogen and oxygen atoms in total. The maximum Gasteiger partial charge on any atom is 0.416 e. The summed E-state index contributed by atoms with van der Waals surface area (Å²) in [6, 6.07) is 3.29. The maximum atomic E-state index is 12.5. The molecule has 0 radical (unpaired) electrons. The van der Waals surface area contributed by atoms with Crippen molar-refractivity contribution >= 4 is 11.9 Å². The van der Waals surface area contributed by atoms with Gasteiger partial charge in [0.15, 0.2) is 0 Å². The Hall–Kier alpha value is -1.52. The minimum absolute atomic E-state index is 0.169. The molecule has 0 aliphatic carbocycles. The van der Waals surface area contributed by atoms with Crippen LogP contribution >= 0.6 is 0 Å². The van der Waals surface area contributed by atoms with Gasteiger partial charge in [-0.3, -0.25) is 4.99 Å². The molecule has 2 rings (SSSR count). The van der Waals surface area contributed by atoms with Gasteiger partial charge in [0.25, 0.3) is 0 Å². The highest BCUT2D eigenvalue weighted by molar-refractivity contribution is 5.76. The summed E-state index contributed by atoms with van der Waals surface area (Å²) in [5.74, 6) is 0.169. The molecular weight excluding hydrogens is 219 g/mol. The first kappa shape index (κ1) is 11.0. The summed E-state index contributed by atoms with van der Waals surface area (Å²) in [6.45, 7) is 3.47. The van der Waals surface area contributed by atoms with Gasteiger partial charge in [-0.2, -0.15) is 13.2 Å². The summed E-state index contributed by atoms with van der Waals surface area (Å²) in [4.78, 5) is 4.05. The molecule has 0 saturated heterocycles. The minimum atomic E-state index is -4.36. The monoisotopic (exact) mass is 229 g/mol. The lowest BCUT2D eigenvalue weighted by molar-refractivity contribution is -0.137. The number of rotatable bonds is 0. The van der Waals surface area contributed by atoms with Crippen molar-refractivity contribution in [3.63, 3.8) is 0 Å². The second-order valence-corrected chi connectivity index (χ2v) is 4.14.